The summed E-state index contributed by atoms with van der Waals surface area (Å²) in [5.74, 6) is 1.39. The van der Waals surface area contributed by atoms with Crippen molar-refractivity contribution in [3.63, 3.8) is 0 Å². The predicted molar refractivity (Wildman–Crippen MR) is 137 cm³/mol. The molecule has 1 fully saturated rings. The van der Waals surface area contributed by atoms with Crippen molar-refractivity contribution in [3.8, 4) is 17.2 Å². The summed E-state index contributed by atoms with van der Waals surface area (Å²) < 4.78 is 17.2. The van der Waals surface area contributed by atoms with E-state index < -0.39 is 0 Å². The molecule has 0 aromatic heterocycles. The van der Waals surface area contributed by atoms with Crippen LogP contribution in [0.15, 0.2) is 30.3 Å². The highest BCUT2D eigenvalue weighted by Crippen LogP contribution is 2.39. The SMILES string of the molecule is CCOc1cc(C(=O)N2CCN(CC(=O)Nc3cccc(C)c3C)CC2)cc(OCC)c1OCC. The van der Waals surface area contributed by atoms with Crippen molar-refractivity contribution in [3.05, 3.63) is 47.0 Å². The second kappa shape index (κ2) is 12.4. The van der Waals surface area contributed by atoms with Gasteiger partial charge >= 0.3 is 0 Å². The maximum atomic E-state index is 13.3. The Bertz CT molecular complexity index is 1000. The molecule has 8 nitrogen and oxygen atoms in total. The second-order valence-corrected chi connectivity index (χ2v) is 8.46. The van der Waals surface area contributed by atoms with Gasteiger partial charge in [0.15, 0.2) is 11.5 Å². The fourth-order valence-electron chi connectivity index (χ4n) is 4.08. The lowest BCUT2D eigenvalue weighted by Gasteiger charge is -2.34. The summed E-state index contributed by atoms with van der Waals surface area (Å²) in [6.45, 7) is 13.7. The van der Waals surface area contributed by atoms with Crippen LogP contribution in [-0.2, 0) is 4.79 Å². The first-order valence-corrected chi connectivity index (χ1v) is 12.3. The molecule has 0 unspecified atom stereocenters. The number of nitrogens with zero attached hydrogens (tertiary/aromatic N) is 2. The van der Waals surface area contributed by atoms with Gasteiger partial charge in [-0.05, 0) is 63.9 Å². The lowest BCUT2D eigenvalue weighted by Crippen LogP contribution is -2.50. The Morgan fingerprint density at radius 2 is 1.49 bits per heavy atom. The van der Waals surface area contributed by atoms with Crippen LogP contribution in [-0.4, -0.2) is 74.2 Å². The number of anilines is 1. The first-order chi connectivity index (χ1) is 16.9. The average molecular weight is 484 g/mol. The highest BCUT2D eigenvalue weighted by molar-refractivity contribution is 5.96. The number of carbonyl (C=O) groups is 2. The second-order valence-electron chi connectivity index (χ2n) is 8.46. The van der Waals surface area contributed by atoms with Gasteiger partial charge in [0.1, 0.15) is 0 Å². The molecule has 1 aliphatic heterocycles. The van der Waals surface area contributed by atoms with E-state index in [1.165, 1.54) is 0 Å². The number of amides is 2. The molecule has 1 N–H and O–H groups in total. The number of ether oxygens (including phenoxy) is 3. The van der Waals surface area contributed by atoms with Gasteiger partial charge in [-0.25, -0.2) is 0 Å². The summed E-state index contributed by atoms with van der Waals surface area (Å²) in [6.07, 6.45) is 0. The molecule has 0 atom stereocenters. The van der Waals surface area contributed by atoms with E-state index in [1.807, 2.05) is 52.8 Å². The summed E-state index contributed by atoms with van der Waals surface area (Å²) in [6, 6.07) is 9.34. The summed E-state index contributed by atoms with van der Waals surface area (Å²) in [7, 11) is 0. The van der Waals surface area contributed by atoms with E-state index in [-0.39, 0.29) is 11.8 Å². The van der Waals surface area contributed by atoms with Crippen LogP contribution in [0, 0.1) is 13.8 Å². The van der Waals surface area contributed by atoms with Gasteiger partial charge in [0.25, 0.3) is 5.91 Å². The molecule has 2 aromatic carbocycles. The summed E-state index contributed by atoms with van der Waals surface area (Å²) in [4.78, 5) is 29.8. The van der Waals surface area contributed by atoms with Crippen LogP contribution in [0.1, 0.15) is 42.3 Å². The monoisotopic (exact) mass is 483 g/mol. The normalized spacial score (nSPS) is 13.9. The minimum atomic E-state index is -0.0885. The third-order valence-electron chi connectivity index (χ3n) is 6.06. The van der Waals surface area contributed by atoms with Gasteiger partial charge in [-0.3, -0.25) is 14.5 Å². The zero-order chi connectivity index (χ0) is 25.4. The molecule has 35 heavy (non-hydrogen) atoms. The summed E-state index contributed by atoms with van der Waals surface area (Å²) >= 11 is 0. The molecular formula is C27H37N3O5. The maximum Gasteiger partial charge on any atom is 0.254 e. The molecule has 3 rings (SSSR count). The van der Waals surface area contributed by atoms with Crippen molar-refractivity contribution in [2.45, 2.75) is 34.6 Å². The number of hydrogen-bond donors (Lipinski definition) is 1. The van der Waals surface area contributed by atoms with Gasteiger partial charge in [0.05, 0.1) is 26.4 Å². The Morgan fingerprint density at radius 1 is 0.886 bits per heavy atom. The van der Waals surface area contributed by atoms with Crippen LogP contribution in [0.2, 0.25) is 0 Å². The van der Waals surface area contributed by atoms with Crippen molar-refractivity contribution >= 4 is 17.5 Å². The van der Waals surface area contributed by atoms with Crippen LogP contribution < -0.4 is 19.5 Å². The molecule has 2 aromatic rings. The van der Waals surface area contributed by atoms with E-state index in [2.05, 4.69) is 10.2 Å². The van der Waals surface area contributed by atoms with Crippen LogP contribution in [0.4, 0.5) is 5.69 Å². The number of benzene rings is 2. The van der Waals surface area contributed by atoms with Gasteiger partial charge in [-0.1, -0.05) is 12.1 Å². The molecule has 0 radical (unpaired) electrons. The zero-order valence-electron chi connectivity index (χ0n) is 21.5. The number of hydrogen-bond acceptors (Lipinski definition) is 6. The first-order valence-electron chi connectivity index (χ1n) is 12.3. The third kappa shape index (κ3) is 6.66. The molecule has 0 spiro atoms. The summed E-state index contributed by atoms with van der Waals surface area (Å²) in [5.41, 5.74) is 3.56. The van der Waals surface area contributed by atoms with E-state index in [9.17, 15) is 9.59 Å². The largest absolute Gasteiger partial charge is 0.490 e. The standard InChI is InChI=1S/C27H37N3O5/c1-6-33-23-16-21(17-24(34-7-2)26(23)35-8-3)27(32)30-14-12-29(13-15-30)18-25(31)28-22-11-9-10-19(4)20(22)5/h9-11,16-17H,6-8,12-15,18H2,1-5H3,(H,28,31). The Morgan fingerprint density at radius 3 is 2.06 bits per heavy atom. The van der Waals surface area contributed by atoms with Gasteiger partial charge in [0.2, 0.25) is 11.7 Å². The van der Waals surface area contributed by atoms with Crippen LogP contribution >= 0.6 is 0 Å². The Balaban J connectivity index is 1.63. The number of carbonyl (C=O) groups excluding carboxylic acids is 2. The van der Waals surface area contributed by atoms with Gasteiger partial charge in [0, 0.05) is 37.4 Å². The molecule has 1 heterocycles. The average Bonchev–Trinajstić information content (AvgIpc) is 2.84. The lowest BCUT2D eigenvalue weighted by molar-refractivity contribution is -0.117. The van der Waals surface area contributed by atoms with Crippen LogP contribution in [0.5, 0.6) is 17.2 Å². The fourth-order valence-corrected chi connectivity index (χ4v) is 4.08. The van der Waals surface area contributed by atoms with E-state index >= 15 is 0 Å². The van der Waals surface area contributed by atoms with Gasteiger partial charge in [-0.2, -0.15) is 0 Å². The maximum absolute atomic E-state index is 13.3. The summed E-state index contributed by atoms with van der Waals surface area (Å²) in [5, 5.41) is 3.01. The smallest absolute Gasteiger partial charge is 0.254 e. The van der Waals surface area contributed by atoms with Gasteiger partial charge < -0.3 is 24.4 Å². The Labute approximate surface area is 208 Å². The number of nitrogens with one attached hydrogen (secondary N) is 1. The van der Waals surface area contributed by atoms with E-state index in [0.717, 1.165) is 16.8 Å². The molecule has 0 aliphatic carbocycles. The molecule has 0 bridgehead atoms. The Kier molecular flexibility index (Phi) is 9.37. The predicted octanol–water partition coefficient (Wildman–Crippen LogP) is 3.90. The first kappa shape index (κ1) is 26.3. The number of piperazine rings is 1. The van der Waals surface area contributed by atoms with Crippen LogP contribution in [0.25, 0.3) is 0 Å². The molecule has 8 heteroatoms. The van der Waals surface area contributed by atoms with Crippen LogP contribution in [0.3, 0.4) is 0 Å². The lowest BCUT2D eigenvalue weighted by atomic mass is 10.1. The molecule has 2 amide bonds. The topological polar surface area (TPSA) is 80.3 Å². The van der Waals surface area contributed by atoms with Crippen molar-refractivity contribution < 1.29 is 23.8 Å². The minimum absolute atomic E-state index is 0.0484. The number of rotatable bonds is 10. The van der Waals surface area contributed by atoms with Crippen molar-refractivity contribution in [2.24, 2.45) is 0 Å². The minimum Gasteiger partial charge on any atom is -0.490 e. The van der Waals surface area contributed by atoms with Gasteiger partial charge in [-0.15, -0.1) is 0 Å². The quantitative estimate of drug-likeness (QED) is 0.552. The third-order valence-corrected chi connectivity index (χ3v) is 6.06. The highest BCUT2D eigenvalue weighted by atomic mass is 16.5. The van der Waals surface area contributed by atoms with Crippen molar-refractivity contribution in [1.29, 1.82) is 0 Å². The van der Waals surface area contributed by atoms with Crippen molar-refractivity contribution in [1.82, 2.24) is 9.80 Å². The molecular weight excluding hydrogens is 446 g/mol. The van der Waals surface area contributed by atoms with E-state index in [1.54, 1.807) is 17.0 Å². The molecule has 1 saturated heterocycles. The molecule has 190 valence electrons. The fraction of sp³-hybridized carbons (Fsp3) is 0.481. The Hall–Kier alpha value is -3.26. The van der Waals surface area contributed by atoms with Crippen molar-refractivity contribution in [2.75, 3.05) is 57.9 Å². The van der Waals surface area contributed by atoms with E-state index in [4.69, 9.17) is 14.2 Å². The van der Waals surface area contributed by atoms with E-state index in [0.29, 0.717) is 75.4 Å². The zero-order valence-corrected chi connectivity index (χ0v) is 21.5. The molecule has 0 saturated carbocycles. The number of aryl methyl sites for hydroxylation is 1. The molecule has 1 aliphatic rings. The highest BCUT2D eigenvalue weighted by Gasteiger charge is 2.26.